The molecule has 5 aromatic carbocycles. The molecule has 6 rings (SSSR count). The lowest BCUT2D eigenvalue weighted by Gasteiger charge is -2.27. The van der Waals surface area contributed by atoms with E-state index in [4.69, 9.17) is 60.6 Å². The number of halogens is 5. The summed E-state index contributed by atoms with van der Waals surface area (Å²) in [6, 6.07) is 20.6. The molecule has 22 nitrogen and oxygen atoms in total. The number of carbonyl (C=O) groups excluding carboxylic acids is 5. The zero-order valence-electron chi connectivity index (χ0n) is 52.1. The highest BCUT2D eigenvalue weighted by atomic mass is 79.9. The number of nitrogens with one attached hydrogen (secondary N) is 4. The van der Waals surface area contributed by atoms with E-state index in [0.29, 0.717) is 38.2 Å². The van der Waals surface area contributed by atoms with Crippen molar-refractivity contribution in [2.45, 2.75) is 136 Å². The van der Waals surface area contributed by atoms with Crippen LogP contribution in [0, 0.1) is 5.92 Å². The fourth-order valence-electron chi connectivity index (χ4n) is 9.10. The first-order chi connectivity index (χ1) is 44.0. The Morgan fingerprint density at radius 2 is 1.16 bits per heavy atom. The summed E-state index contributed by atoms with van der Waals surface area (Å²) >= 11 is 28.5. The minimum absolute atomic E-state index is 0.00256. The monoisotopic (exact) mass is 1490 g/mol. The number of anilines is 3. The number of nitrogens with zero attached hydrogens (tertiary/aromatic N) is 2. The number of rotatable bonds is 33. The van der Waals surface area contributed by atoms with Crippen molar-refractivity contribution in [3.05, 3.63) is 134 Å². The Labute approximate surface area is 572 Å². The molecule has 2 atom stereocenters. The van der Waals surface area contributed by atoms with Gasteiger partial charge < -0.3 is 45.3 Å². The van der Waals surface area contributed by atoms with Crippen molar-refractivity contribution >= 4 is 139 Å². The first-order valence-corrected chi connectivity index (χ1v) is 37.0. The summed E-state index contributed by atoms with van der Waals surface area (Å²) < 4.78 is 98.9. The SMILES string of the molecule is CC(C)CNC(=O)c1ccc(Cl)c(NC(=O)C(OC(=O)N2CCOCC2)C(=O)c2ccc(C(O)O)cc2)c1.CCCCCCCCN(CCCCCCCC)S(=O)(=O)c1cc(Cl)c(NS(=O)(=O)c2ccc(Cl)c(NC(=O)C(Br)S(=O)(=O)c3ccc(OC)cc3)c2)cc1Cl. The second-order valence-electron chi connectivity index (χ2n) is 22.0. The minimum Gasteiger partial charge on any atom is -0.497 e. The Bertz CT molecular complexity index is 3680. The number of carbonyl (C=O) groups is 5. The molecule has 4 amide bonds. The zero-order chi connectivity index (χ0) is 68.6. The van der Waals surface area contributed by atoms with Gasteiger partial charge in [0.25, 0.3) is 27.7 Å². The predicted octanol–water partition coefficient (Wildman–Crippen LogP) is 12.7. The van der Waals surface area contributed by atoms with E-state index in [0.717, 1.165) is 88.5 Å². The number of hydrogen-bond donors (Lipinski definition) is 6. The fraction of sp³-hybridized carbons (Fsp3) is 0.444. The summed E-state index contributed by atoms with van der Waals surface area (Å²) in [5.74, 6) is -2.58. The molecule has 0 bridgehead atoms. The van der Waals surface area contributed by atoms with E-state index in [-0.39, 0.29) is 107 Å². The minimum atomic E-state index is -4.44. The number of benzene rings is 5. The van der Waals surface area contributed by atoms with E-state index in [2.05, 4.69) is 50.4 Å². The molecule has 5 aromatic rings. The first-order valence-electron chi connectivity index (χ1n) is 30.1. The molecule has 0 radical (unpaired) electrons. The first kappa shape index (κ1) is 78.1. The van der Waals surface area contributed by atoms with Gasteiger partial charge >= 0.3 is 6.09 Å². The molecule has 1 aliphatic rings. The molecule has 1 aliphatic heterocycles. The van der Waals surface area contributed by atoms with Crippen LogP contribution in [0.4, 0.5) is 21.9 Å². The van der Waals surface area contributed by atoms with E-state index in [9.17, 15) is 59.4 Å². The average Bonchev–Trinajstić information content (AvgIpc) is 0.923. The molecular formula is C63H79BrCl4N6O16S3. The van der Waals surface area contributed by atoms with Crippen molar-refractivity contribution in [1.82, 2.24) is 14.5 Å². The summed E-state index contributed by atoms with van der Waals surface area (Å²) in [6.45, 7) is 10.3. The number of sulfone groups is 1. The molecule has 1 saturated heterocycles. The van der Waals surface area contributed by atoms with Crippen LogP contribution in [-0.2, 0) is 48.9 Å². The standard InChI is InChI=1S/C37H49BrCl3N3O8S3.C26H30ClN3O8/c1-4-6-8-10-12-14-22-44(23-15-13-11-9-7-5-2)55(50,51)35-26-31(40)34(25-32(35)41)43-54(48,49)29-20-21-30(39)33(24-29)42-37(45)36(38)53(46,47)28-18-16-27(52-3)17-19-28;1-15(2)14-28-23(32)18-7-8-19(27)20(13-18)29-24(33)22(38-26(36)30-9-11-37-12-10-30)21(31)16-3-5-17(6-4-16)25(34)35/h16-21,24-26,36,43H,4-15,22-23H2,1-3H3,(H,42,45);3-8,13,15,22,25,34-35H,9-12,14H2,1-2H3,(H,28,32)(H,29,33). The van der Waals surface area contributed by atoms with Gasteiger partial charge in [0.1, 0.15) is 10.6 Å². The Balaban J connectivity index is 0.000000360. The molecule has 0 aromatic heterocycles. The smallest absolute Gasteiger partial charge is 0.411 e. The van der Waals surface area contributed by atoms with Crippen LogP contribution in [0.25, 0.3) is 0 Å². The van der Waals surface area contributed by atoms with E-state index < -0.39 is 70.1 Å². The number of amides is 4. The van der Waals surface area contributed by atoms with Crippen LogP contribution in [0.5, 0.6) is 5.75 Å². The van der Waals surface area contributed by atoms with E-state index in [1.807, 2.05) is 13.8 Å². The van der Waals surface area contributed by atoms with Crippen molar-refractivity contribution in [2.24, 2.45) is 5.92 Å². The van der Waals surface area contributed by atoms with Crippen LogP contribution in [0.2, 0.25) is 20.1 Å². The molecule has 30 heteroatoms. The number of aliphatic hydroxyl groups is 2. The third-order valence-electron chi connectivity index (χ3n) is 14.4. The highest BCUT2D eigenvalue weighted by molar-refractivity contribution is 9.11. The molecule has 0 aliphatic carbocycles. The lowest BCUT2D eigenvalue weighted by molar-refractivity contribution is -0.122. The maximum Gasteiger partial charge on any atom is 0.411 e. The topological polar surface area (TPSA) is 311 Å². The van der Waals surface area contributed by atoms with Gasteiger partial charge in [0.05, 0.1) is 67.3 Å². The van der Waals surface area contributed by atoms with Crippen LogP contribution in [0.15, 0.2) is 112 Å². The van der Waals surface area contributed by atoms with Crippen LogP contribution < -0.4 is 25.4 Å². The maximum atomic E-state index is 14.0. The van der Waals surface area contributed by atoms with Crippen LogP contribution >= 0.6 is 62.3 Å². The van der Waals surface area contributed by atoms with Crippen LogP contribution in [0.1, 0.15) is 137 Å². The summed E-state index contributed by atoms with van der Waals surface area (Å²) in [5.41, 5.74) is 0.0370. The van der Waals surface area contributed by atoms with E-state index in [1.54, 1.807) is 0 Å². The van der Waals surface area contributed by atoms with Gasteiger partial charge in [-0.25, -0.2) is 30.0 Å². The zero-order valence-corrected chi connectivity index (χ0v) is 59.2. The van der Waals surface area contributed by atoms with Gasteiger partial charge in [-0.05, 0) is 91.6 Å². The average molecular weight is 1490 g/mol. The van der Waals surface area contributed by atoms with E-state index in [1.165, 1.54) is 89.1 Å². The largest absolute Gasteiger partial charge is 0.497 e. The Morgan fingerprint density at radius 1 is 0.634 bits per heavy atom. The lowest BCUT2D eigenvalue weighted by Crippen LogP contribution is -2.46. The number of aliphatic hydroxyl groups excluding tert-OH is 1. The van der Waals surface area contributed by atoms with Crippen LogP contribution in [-0.4, -0.2) is 138 Å². The van der Waals surface area contributed by atoms with Crippen molar-refractivity contribution in [2.75, 3.05) is 68.4 Å². The second-order valence-corrected chi connectivity index (χ2v) is 30.8. The molecular weight excluding hydrogens is 1410 g/mol. The number of unbranched alkanes of at least 4 members (excludes halogenated alkanes) is 10. The van der Waals surface area contributed by atoms with Crippen molar-refractivity contribution in [1.29, 1.82) is 0 Å². The van der Waals surface area contributed by atoms with E-state index >= 15 is 0 Å². The number of Topliss-reactive ketones (excluding diaryl/α,β-unsaturated/α-hetero) is 1. The highest BCUT2D eigenvalue weighted by Gasteiger charge is 2.36. The fourth-order valence-corrected chi connectivity index (χ4v) is 14.8. The quantitative estimate of drug-likeness (QED) is 0.00747. The normalized spacial score (nSPS) is 13.4. The second kappa shape index (κ2) is 37.6. The Kier molecular flexibility index (Phi) is 31.6. The third kappa shape index (κ3) is 23.3. The van der Waals surface area contributed by atoms with Crippen LogP contribution in [0.3, 0.4) is 0 Å². The van der Waals surface area contributed by atoms with Gasteiger partial charge in [-0.2, -0.15) is 4.31 Å². The van der Waals surface area contributed by atoms with Gasteiger partial charge in [-0.1, -0.05) is 179 Å². The van der Waals surface area contributed by atoms with Crippen molar-refractivity contribution < 1.29 is 73.6 Å². The van der Waals surface area contributed by atoms with Crippen molar-refractivity contribution in [3.8, 4) is 5.75 Å². The number of methoxy groups -OCH3 is 1. The number of morpholine rings is 1. The number of ketones is 1. The summed E-state index contributed by atoms with van der Waals surface area (Å²) in [5, 5.41) is 25.8. The molecule has 93 heavy (non-hydrogen) atoms. The summed E-state index contributed by atoms with van der Waals surface area (Å²) in [7, 11) is -11.3. The van der Waals surface area contributed by atoms with Crippen molar-refractivity contribution in [3.63, 3.8) is 0 Å². The number of alkyl halides is 1. The molecule has 510 valence electrons. The Morgan fingerprint density at radius 3 is 1.72 bits per heavy atom. The van der Waals surface area contributed by atoms with Gasteiger partial charge in [-0.15, -0.1) is 0 Å². The molecule has 6 N–H and O–H groups in total. The molecule has 1 heterocycles. The Hall–Kier alpha value is -5.62. The number of hydrogen-bond acceptors (Lipinski definition) is 16. The third-order valence-corrected chi connectivity index (χ3v) is 22.7. The highest BCUT2D eigenvalue weighted by Crippen LogP contribution is 2.37. The number of ether oxygens (including phenoxy) is 3. The van der Waals surface area contributed by atoms with Gasteiger partial charge in [0, 0.05) is 49.4 Å². The predicted molar refractivity (Wildman–Crippen MR) is 364 cm³/mol. The lowest BCUT2D eigenvalue weighted by atomic mass is 10.0. The summed E-state index contributed by atoms with van der Waals surface area (Å²) in [6.07, 6.45) is 7.38. The molecule has 0 saturated carbocycles. The molecule has 1 fully saturated rings. The van der Waals surface area contributed by atoms with Gasteiger partial charge in [-0.3, -0.25) is 23.9 Å². The van der Waals surface area contributed by atoms with Gasteiger partial charge in [0.15, 0.2) is 20.3 Å². The summed E-state index contributed by atoms with van der Waals surface area (Å²) in [4.78, 5) is 65.4. The maximum absolute atomic E-state index is 14.0. The molecule has 2 unspecified atom stereocenters. The number of sulfonamides is 2. The van der Waals surface area contributed by atoms with Gasteiger partial charge in [0.2, 0.25) is 21.9 Å². The molecule has 0 spiro atoms.